The largest absolute Gasteiger partial charge is 0.497 e. The summed E-state index contributed by atoms with van der Waals surface area (Å²) in [7, 11) is 1.51. The van der Waals surface area contributed by atoms with E-state index in [2.05, 4.69) is 20.8 Å². The molecule has 0 aliphatic heterocycles. The van der Waals surface area contributed by atoms with Crippen molar-refractivity contribution in [1.82, 2.24) is 20.2 Å². The molecule has 116 valence electrons. The van der Waals surface area contributed by atoms with Crippen molar-refractivity contribution in [2.75, 3.05) is 12.4 Å². The van der Waals surface area contributed by atoms with Crippen LogP contribution < -0.4 is 10.1 Å². The quantitative estimate of drug-likeness (QED) is 0.797. The number of anilines is 1. The third-order valence-electron chi connectivity index (χ3n) is 3.17. The van der Waals surface area contributed by atoms with E-state index in [0.717, 1.165) is 0 Å². The van der Waals surface area contributed by atoms with Gasteiger partial charge in [-0.25, -0.2) is 4.39 Å². The monoisotopic (exact) mass is 313 g/mol. The van der Waals surface area contributed by atoms with Gasteiger partial charge >= 0.3 is 0 Å². The number of methoxy groups -OCH3 is 1. The summed E-state index contributed by atoms with van der Waals surface area (Å²) in [4.78, 5) is 12.3. The number of rotatable bonds is 4. The van der Waals surface area contributed by atoms with Crippen molar-refractivity contribution < 1.29 is 13.9 Å². The molecule has 0 spiro atoms. The number of nitrogens with zero attached hydrogens (tertiary/aromatic N) is 4. The van der Waals surface area contributed by atoms with Crippen LogP contribution in [0.15, 0.2) is 48.8 Å². The van der Waals surface area contributed by atoms with Gasteiger partial charge in [0.25, 0.3) is 5.91 Å². The first-order valence-electron chi connectivity index (χ1n) is 6.66. The smallest absolute Gasteiger partial charge is 0.258 e. The van der Waals surface area contributed by atoms with Gasteiger partial charge in [-0.3, -0.25) is 4.79 Å². The van der Waals surface area contributed by atoms with Gasteiger partial charge in [0.15, 0.2) is 0 Å². The Balaban J connectivity index is 1.98. The third kappa shape index (κ3) is 3.00. The number of hydrogen-bond donors (Lipinski definition) is 1. The molecule has 7 nitrogen and oxygen atoms in total. The molecule has 3 aromatic rings. The molecule has 0 saturated carbocycles. The van der Waals surface area contributed by atoms with E-state index in [0.29, 0.717) is 17.1 Å². The molecule has 0 atom stereocenters. The Bertz CT molecular complexity index is 836. The Morgan fingerprint density at radius 3 is 2.78 bits per heavy atom. The molecular weight excluding hydrogens is 301 g/mol. The van der Waals surface area contributed by atoms with E-state index in [-0.39, 0.29) is 5.56 Å². The molecule has 1 aromatic heterocycles. The van der Waals surface area contributed by atoms with Crippen LogP contribution in [0.4, 0.5) is 10.1 Å². The number of benzene rings is 2. The molecule has 0 fully saturated rings. The lowest BCUT2D eigenvalue weighted by molar-refractivity contribution is 0.102. The van der Waals surface area contributed by atoms with Crippen LogP contribution in [-0.2, 0) is 0 Å². The highest BCUT2D eigenvalue weighted by Crippen LogP contribution is 2.25. The lowest BCUT2D eigenvalue weighted by Gasteiger charge is -2.12. The van der Waals surface area contributed by atoms with E-state index in [1.165, 1.54) is 36.3 Å². The maximum atomic E-state index is 13.7. The number of ether oxygens (including phenoxy) is 1. The maximum Gasteiger partial charge on any atom is 0.258 e. The van der Waals surface area contributed by atoms with Crippen molar-refractivity contribution in [2.24, 2.45) is 0 Å². The highest BCUT2D eigenvalue weighted by Gasteiger charge is 2.15. The molecule has 0 unspecified atom stereocenters. The number of halogens is 1. The molecule has 0 aliphatic rings. The summed E-state index contributed by atoms with van der Waals surface area (Å²) in [5, 5.41) is 13.6. The molecule has 3 rings (SSSR count). The first-order valence-corrected chi connectivity index (χ1v) is 6.66. The van der Waals surface area contributed by atoms with Crippen molar-refractivity contribution >= 4 is 11.6 Å². The highest BCUT2D eigenvalue weighted by molar-refractivity contribution is 6.05. The lowest BCUT2D eigenvalue weighted by atomic mass is 10.2. The highest BCUT2D eigenvalue weighted by atomic mass is 19.1. The van der Waals surface area contributed by atoms with Gasteiger partial charge in [-0.05, 0) is 34.7 Å². The van der Waals surface area contributed by atoms with Gasteiger partial charge < -0.3 is 10.1 Å². The fraction of sp³-hybridized carbons (Fsp3) is 0.0667. The van der Waals surface area contributed by atoms with Crippen molar-refractivity contribution in [3.05, 3.63) is 60.2 Å². The van der Waals surface area contributed by atoms with Crippen molar-refractivity contribution in [3.8, 4) is 11.4 Å². The van der Waals surface area contributed by atoms with Gasteiger partial charge in [0.05, 0.1) is 24.0 Å². The van der Waals surface area contributed by atoms with Crippen LogP contribution >= 0.6 is 0 Å². The zero-order valence-corrected chi connectivity index (χ0v) is 12.1. The molecule has 2 aromatic carbocycles. The summed E-state index contributed by atoms with van der Waals surface area (Å²) in [5.41, 5.74) is 0.864. The number of carbonyl (C=O) groups is 1. The van der Waals surface area contributed by atoms with Gasteiger partial charge in [-0.1, -0.05) is 12.1 Å². The van der Waals surface area contributed by atoms with Crippen LogP contribution in [0, 0.1) is 5.82 Å². The predicted molar refractivity (Wildman–Crippen MR) is 80.1 cm³/mol. The second-order valence-electron chi connectivity index (χ2n) is 4.57. The van der Waals surface area contributed by atoms with Crippen LogP contribution in [0.1, 0.15) is 10.4 Å². The Morgan fingerprint density at radius 1 is 1.26 bits per heavy atom. The number of aromatic nitrogens is 4. The average molecular weight is 313 g/mol. The molecule has 1 amide bonds. The fourth-order valence-electron chi connectivity index (χ4n) is 2.05. The molecular formula is C15H12FN5O2. The zero-order chi connectivity index (χ0) is 16.2. The Labute approximate surface area is 130 Å². The minimum atomic E-state index is -0.600. The van der Waals surface area contributed by atoms with Gasteiger partial charge in [0, 0.05) is 6.07 Å². The zero-order valence-electron chi connectivity index (χ0n) is 12.1. The number of amides is 1. The Morgan fingerprint density at radius 2 is 2.09 bits per heavy atom. The summed E-state index contributed by atoms with van der Waals surface area (Å²) < 4.78 is 20.3. The van der Waals surface area contributed by atoms with Crippen LogP contribution in [0.3, 0.4) is 0 Å². The summed E-state index contributed by atoms with van der Waals surface area (Å²) in [5.74, 6) is -0.645. The molecule has 1 N–H and O–H groups in total. The second-order valence-corrected chi connectivity index (χ2v) is 4.57. The van der Waals surface area contributed by atoms with Crippen LogP contribution in [0.5, 0.6) is 5.75 Å². The van der Waals surface area contributed by atoms with Gasteiger partial charge in [-0.2, -0.15) is 4.68 Å². The van der Waals surface area contributed by atoms with Crippen LogP contribution in [-0.4, -0.2) is 33.2 Å². The molecule has 0 aliphatic carbocycles. The van der Waals surface area contributed by atoms with E-state index in [9.17, 15) is 9.18 Å². The average Bonchev–Trinajstić information content (AvgIpc) is 3.09. The van der Waals surface area contributed by atoms with E-state index >= 15 is 0 Å². The summed E-state index contributed by atoms with van der Waals surface area (Å²) >= 11 is 0. The maximum absolute atomic E-state index is 13.7. The van der Waals surface area contributed by atoms with Gasteiger partial charge in [0.1, 0.15) is 17.9 Å². The van der Waals surface area contributed by atoms with Crippen LogP contribution in [0.25, 0.3) is 5.69 Å². The standard InChI is InChI=1S/C15H12FN5O2/c1-23-10-6-7-14(21-9-17-19-20-21)13(8-10)18-15(22)11-4-2-3-5-12(11)16/h2-9H,1H3,(H,18,22). The summed E-state index contributed by atoms with van der Waals surface area (Å²) in [6.45, 7) is 0. The molecule has 0 saturated heterocycles. The number of tetrazole rings is 1. The van der Waals surface area contributed by atoms with E-state index in [1.54, 1.807) is 24.3 Å². The van der Waals surface area contributed by atoms with E-state index < -0.39 is 11.7 Å². The van der Waals surface area contributed by atoms with E-state index in [4.69, 9.17) is 4.74 Å². The Kier molecular flexibility index (Phi) is 3.96. The van der Waals surface area contributed by atoms with E-state index in [1.807, 2.05) is 0 Å². The first kappa shape index (κ1) is 14.6. The van der Waals surface area contributed by atoms with Crippen molar-refractivity contribution in [2.45, 2.75) is 0 Å². The number of carbonyl (C=O) groups excluding carboxylic acids is 1. The first-order chi connectivity index (χ1) is 11.2. The Hall–Kier alpha value is -3.29. The molecule has 23 heavy (non-hydrogen) atoms. The topological polar surface area (TPSA) is 81.9 Å². The SMILES string of the molecule is COc1ccc(-n2cnnn2)c(NC(=O)c2ccccc2F)c1. The minimum Gasteiger partial charge on any atom is -0.497 e. The van der Waals surface area contributed by atoms with Crippen LogP contribution in [0.2, 0.25) is 0 Å². The van der Waals surface area contributed by atoms with Gasteiger partial charge in [0.2, 0.25) is 0 Å². The molecule has 0 bridgehead atoms. The lowest BCUT2D eigenvalue weighted by Crippen LogP contribution is -2.15. The van der Waals surface area contributed by atoms with Gasteiger partial charge in [-0.15, -0.1) is 5.10 Å². The fourth-order valence-corrected chi connectivity index (χ4v) is 2.05. The summed E-state index contributed by atoms with van der Waals surface area (Å²) in [6, 6.07) is 10.7. The minimum absolute atomic E-state index is 0.0574. The summed E-state index contributed by atoms with van der Waals surface area (Å²) in [6.07, 6.45) is 1.39. The second kappa shape index (κ2) is 6.22. The molecule has 1 heterocycles. The predicted octanol–water partition coefficient (Wildman–Crippen LogP) is 2.06. The number of hydrogen-bond acceptors (Lipinski definition) is 5. The van der Waals surface area contributed by atoms with Crippen molar-refractivity contribution in [3.63, 3.8) is 0 Å². The molecule has 8 heteroatoms. The third-order valence-corrected chi connectivity index (χ3v) is 3.17. The van der Waals surface area contributed by atoms with Crippen molar-refractivity contribution in [1.29, 1.82) is 0 Å². The molecule has 0 radical (unpaired) electrons. The normalized spacial score (nSPS) is 10.3. The number of nitrogens with one attached hydrogen (secondary N) is 1.